The van der Waals surface area contributed by atoms with E-state index in [1.807, 2.05) is 13.8 Å². The number of sulfonamides is 1. The number of halogens is 2. The van der Waals surface area contributed by atoms with Gasteiger partial charge in [0.1, 0.15) is 11.9 Å². The average molecular weight is 526 g/mol. The van der Waals surface area contributed by atoms with Gasteiger partial charge in [-0.3, -0.25) is 13.9 Å². The number of nitrogens with one attached hydrogen (secondary N) is 1. The molecule has 2 atom stereocenters. The van der Waals surface area contributed by atoms with E-state index in [2.05, 4.69) is 5.32 Å². The summed E-state index contributed by atoms with van der Waals surface area (Å²) in [6, 6.07) is 11.3. The van der Waals surface area contributed by atoms with Crippen LogP contribution in [-0.2, 0) is 26.2 Å². The number of hydrogen-bond acceptors (Lipinski definition) is 4. The number of nitrogens with zero attached hydrogens (tertiary/aromatic N) is 2. The number of carbonyl (C=O) groups is 2. The van der Waals surface area contributed by atoms with Crippen molar-refractivity contribution < 1.29 is 22.4 Å². The van der Waals surface area contributed by atoms with Gasteiger partial charge in [-0.05, 0) is 68.7 Å². The molecular formula is C25H33ClFN3O4S. The number of rotatable bonds is 12. The van der Waals surface area contributed by atoms with Gasteiger partial charge in [-0.25, -0.2) is 12.8 Å². The summed E-state index contributed by atoms with van der Waals surface area (Å²) in [7, 11) is -3.58. The number of hydrogen-bond donors (Lipinski definition) is 1. The Kier molecular flexibility index (Phi) is 10.5. The highest BCUT2D eigenvalue weighted by Crippen LogP contribution is 2.21. The second-order valence-electron chi connectivity index (χ2n) is 8.56. The number of amides is 2. The lowest BCUT2D eigenvalue weighted by Crippen LogP contribution is -2.49. The monoisotopic (exact) mass is 525 g/mol. The molecule has 2 amide bonds. The largest absolute Gasteiger partial charge is 0.352 e. The van der Waals surface area contributed by atoms with E-state index in [1.165, 1.54) is 21.3 Å². The van der Waals surface area contributed by atoms with E-state index in [4.69, 9.17) is 11.6 Å². The first-order valence-electron chi connectivity index (χ1n) is 11.5. The Morgan fingerprint density at radius 1 is 1.06 bits per heavy atom. The fourth-order valence-electron chi connectivity index (χ4n) is 3.45. The zero-order chi connectivity index (χ0) is 26.2. The molecule has 0 heterocycles. The molecule has 192 valence electrons. The van der Waals surface area contributed by atoms with Crippen molar-refractivity contribution in [3.63, 3.8) is 0 Å². The zero-order valence-electron chi connectivity index (χ0n) is 20.5. The van der Waals surface area contributed by atoms with Gasteiger partial charge in [-0.15, -0.1) is 0 Å². The van der Waals surface area contributed by atoms with E-state index >= 15 is 0 Å². The molecule has 2 aromatic rings. The topological polar surface area (TPSA) is 86.8 Å². The van der Waals surface area contributed by atoms with Crippen LogP contribution in [0.4, 0.5) is 10.1 Å². The molecule has 0 aliphatic rings. The van der Waals surface area contributed by atoms with Gasteiger partial charge in [0.05, 0.1) is 11.9 Å². The standard InChI is InChI=1S/C25H33ClFN3O4S/c1-5-18(2)28-25(32)19(3)29(17-20-8-12-22(27)13-9-20)24(31)7-6-16-30(35(4,33)34)23-14-10-21(26)11-15-23/h8-15,18-19H,5-7,16-17H2,1-4H3,(H,28,32). The van der Waals surface area contributed by atoms with E-state index in [0.29, 0.717) is 16.3 Å². The third kappa shape index (κ3) is 8.81. The first-order chi connectivity index (χ1) is 16.4. The Morgan fingerprint density at radius 2 is 1.66 bits per heavy atom. The van der Waals surface area contributed by atoms with Crippen LogP contribution < -0.4 is 9.62 Å². The Balaban J connectivity index is 2.15. The predicted molar refractivity (Wildman–Crippen MR) is 137 cm³/mol. The fraction of sp³-hybridized carbons (Fsp3) is 0.440. The Labute approximate surface area is 212 Å². The normalized spacial score (nSPS) is 13.1. The van der Waals surface area contributed by atoms with Gasteiger partial charge >= 0.3 is 0 Å². The van der Waals surface area contributed by atoms with Crippen molar-refractivity contribution in [2.24, 2.45) is 0 Å². The molecule has 2 rings (SSSR count). The van der Waals surface area contributed by atoms with Crippen molar-refractivity contribution in [3.05, 3.63) is 64.9 Å². The highest BCUT2D eigenvalue weighted by Gasteiger charge is 2.27. The molecule has 0 bridgehead atoms. The maximum Gasteiger partial charge on any atom is 0.242 e. The minimum atomic E-state index is -3.58. The highest BCUT2D eigenvalue weighted by molar-refractivity contribution is 7.92. The van der Waals surface area contributed by atoms with E-state index in [-0.39, 0.29) is 43.8 Å². The first-order valence-corrected chi connectivity index (χ1v) is 13.7. The van der Waals surface area contributed by atoms with Gasteiger partial charge in [0, 0.05) is 30.6 Å². The smallest absolute Gasteiger partial charge is 0.242 e. The summed E-state index contributed by atoms with van der Waals surface area (Å²) >= 11 is 5.91. The number of benzene rings is 2. The molecular weight excluding hydrogens is 493 g/mol. The lowest BCUT2D eigenvalue weighted by Gasteiger charge is -2.30. The molecule has 0 saturated heterocycles. The predicted octanol–water partition coefficient (Wildman–Crippen LogP) is 4.36. The van der Waals surface area contributed by atoms with E-state index in [1.54, 1.807) is 43.3 Å². The Bertz CT molecular complexity index is 1090. The molecule has 0 fully saturated rings. The highest BCUT2D eigenvalue weighted by atomic mass is 35.5. The van der Waals surface area contributed by atoms with Gasteiger partial charge in [-0.2, -0.15) is 0 Å². The minimum Gasteiger partial charge on any atom is -0.352 e. The summed E-state index contributed by atoms with van der Waals surface area (Å²) in [6.45, 7) is 5.69. The van der Waals surface area contributed by atoms with Crippen LogP contribution in [0.3, 0.4) is 0 Å². The van der Waals surface area contributed by atoms with Crippen LogP contribution >= 0.6 is 11.6 Å². The molecule has 7 nitrogen and oxygen atoms in total. The summed E-state index contributed by atoms with van der Waals surface area (Å²) in [5.41, 5.74) is 1.13. The first kappa shape index (κ1) is 28.6. The lowest BCUT2D eigenvalue weighted by atomic mass is 10.1. The van der Waals surface area contributed by atoms with Crippen molar-refractivity contribution in [2.45, 2.75) is 58.7 Å². The third-order valence-electron chi connectivity index (χ3n) is 5.70. The van der Waals surface area contributed by atoms with Crippen LogP contribution in [0.2, 0.25) is 5.02 Å². The second-order valence-corrected chi connectivity index (χ2v) is 10.9. The summed E-state index contributed by atoms with van der Waals surface area (Å²) in [6.07, 6.45) is 2.12. The zero-order valence-corrected chi connectivity index (χ0v) is 22.1. The van der Waals surface area contributed by atoms with Crippen LogP contribution in [0.1, 0.15) is 45.6 Å². The molecule has 0 aliphatic heterocycles. The molecule has 0 radical (unpaired) electrons. The van der Waals surface area contributed by atoms with Crippen molar-refractivity contribution in [3.8, 4) is 0 Å². The van der Waals surface area contributed by atoms with Gasteiger partial charge < -0.3 is 10.2 Å². The summed E-state index contributed by atoms with van der Waals surface area (Å²) in [5, 5.41) is 3.37. The maximum absolute atomic E-state index is 13.3. The van der Waals surface area contributed by atoms with Crippen LogP contribution in [0.25, 0.3) is 0 Å². The van der Waals surface area contributed by atoms with Crippen molar-refractivity contribution in [2.75, 3.05) is 17.1 Å². The van der Waals surface area contributed by atoms with Crippen LogP contribution in [0.15, 0.2) is 48.5 Å². The summed E-state index contributed by atoms with van der Waals surface area (Å²) in [4.78, 5) is 27.4. The molecule has 2 unspecified atom stereocenters. The molecule has 0 spiro atoms. The molecule has 0 aromatic heterocycles. The Hall–Kier alpha value is -2.65. The van der Waals surface area contributed by atoms with Crippen molar-refractivity contribution >= 4 is 39.1 Å². The molecule has 10 heteroatoms. The van der Waals surface area contributed by atoms with Crippen LogP contribution in [-0.4, -0.2) is 50.0 Å². The van der Waals surface area contributed by atoms with Crippen LogP contribution in [0.5, 0.6) is 0 Å². The lowest BCUT2D eigenvalue weighted by molar-refractivity contribution is -0.140. The molecule has 0 saturated carbocycles. The summed E-state index contributed by atoms with van der Waals surface area (Å²) in [5.74, 6) is -0.975. The molecule has 0 aliphatic carbocycles. The third-order valence-corrected chi connectivity index (χ3v) is 7.15. The van der Waals surface area contributed by atoms with Gasteiger partial charge in [0.2, 0.25) is 21.8 Å². The Morgan fingerprint density at radius 3 is 2.20 bits per heavy atom. The summed E-state index contributed by atoms with van der Waals surface area (Å²) < 4.78 is 39.2. The van der Waals surface area contributed by atoms with Crippen molar-refractivity contribution in [1.82, 2.24) is 10.2 Å². The molecule has 1 N–H and O–H groups in total. The van der Waals surface area contributed by atoms with E-state index in [0.717, 1.165) is 12.7 Å². The van der Waals surface area contributed by atoms with E-state index < -0.39 is 21.9 Å². The molecule has 2 aromatic carbocycles. The average Bonchev–Trinajstić information content (AvgIpc) is 2.80. The fourth-order valence-corrected chi connectivity index (χ4v) is 4.54. The van der Waals surface area contributed by atoms with E-state index in [9.17, 15) is 22.4 Å². The minimum absolute atomic E-state index is 0.0295. The number of anilines is 1. The van der Waals surface area contributed by atoms with Crippen LogP contribution in [0, 0.1) is 5.82 Å². The second kappa shape index (κ2) is 12.9. The number of carbonyl (C=O) groups excluding carboxylic acids is 2. The van der Waals surface area contributed by atoms with Crippen molar-refractivity contribution in [1.29, 1.82) is 0 Å². The maximum atomic E-state index is 13.3. The van der Waals surface area contributed by atoms with Gasteiger partial charge in [0.25, 0.3) is 0 Å². The quantitative estimate of drug-likeness (QED) is 0.446. The van der Waals surface area contributed by atoms with Gasteiger partial charge in [0.15, 0.2) is 0 Å². The molecule has 35 heavy (non-hydrogen) atoms. The SMILES string of the molecule is CCC(C)NC(=O)C(C)N(Cc1ccc(F)cc1)C(=O)CCCN(c1ccc(Cl)cc1)S(C)(=O)=O. The van der Waals surface area contributed by atoms with Gasteiger partial charge in [-0.1, -0.05) is 30.7 Å².